The largest absolute Gasteiger partial charge is 0.469 e. The van der Waals surface area contributed by atoms with Gasteiger partial charge in [-0.15, -0.1) is 0 Å². The number of Topliss-reactive ketones (excluding diaryl/α,β-unsaturated/α-hetero) is 3. The normalized spacial score (nSPS) is 6.00. The fourth-order valence-corrected chi connectivity index (χ4v) is 0.203. The average molecular weight is 551 g/mol. The molecule has 0 N–H and O–H groups in total. The van der Waals surface area contributed by atoms with Crippen molar-refractivity contribution in [2.45, 2.75) is 113 Å². The number of ether oxygens (including phenoxy) is 4. The number of ketones is 3. The van der Waals surface area contributed by atoms with E-state index in [4.69, 9.17) is 0 Å². The molecule has 0 spiro atoms. The summed E-state index contributed by atoms with van der Waals surface area (Å²) in [6.07, 6.45) is 0.667. The predicted molar refractivity (Wildman–Crippen MR) is 158 cm³/mol. The Labute approximate surface area is 231 Å². The van der Waals surface area contributed by atoms with Crippen molar-refractivity contribution in [3.05, 3.63) is 0 Å². The molecule has 0 aromatic rings. The van der Waals surface area contributed by atoms with Crippen molar-refractivity contribution in [3.8, 4) is 0 Å². The van der Waals surface area contributed by atoms with E-state index in [1.807, 2.05) is 20.8 Å². The van der Waals surface area contributed by atoms with E-state index in [1.54, 1.807) is 6.92 Å². The van der Waals surface area contributed by atoms with E-state index in [0.29, 0.717) is 6.42 Å². The van der Waals surface area contributed by atoms with Crippen molar-refractivity contribution in [2.24, 2.45) is 0 Å². The molecule has 0 aliphatic carbocycles. The summed E-state index contributed by atoms with van der Waals surface area (Å²) >= 11 is 0. The molecule has 0 saturated heterocycles. The van der Waals surface area contributed by atoms with Crippen molar-refractivity contribution >= 4 is 35.3 Å². The molecule has 10 heteroatoms. The molecule has 0 aliphatic rings. The first kappa shape index (κ1) is 76.5. The predicted octanol–water partition coefficient (Wildman–Crippen LogP) is 6.55. The van der Waals surface area contributed by atoms with Gasteiger partial charge in [0.25, 0.3) is 0 Å². The van der Waals surface area contributed by atoms with Crippen molar-refractivity contribution in [1.29, 1.82) is 0 Å². The van der Waals surface area contributed by atoms with Crippen LogP contribution in [0.15, 0.2) is 0 Å². The van der Waals surface area contributed by atoms with Crippen molar-refractivity contribution in [2.75, 3.05) is 35.0 Å². The Morgan fingerprint density at radius 2 is 0.622 bits per heavy atom. The Morgan fingerprint density at radius 1 is 0.486 bits per heavy atom. The van der Waals surface area contributed by atoms with Gasteiger partial charge in [-0.2, -0.15) is 0 Å². The highest BCUT2D eigenvalue weighted by Gasteiger charge is 1.83. The molecule has 0 aliphatic heterocycles. The molecule has 37 heavy (non-hydrogen) atoms. The summed E-state index contributed by atoms with van der Waals surface area (Å²) in [7, 11) is 5.55. The maximum absolute atomic E-state index is 9.92. The van der Waals surface area contributed by atoms with Gasteiger partial charge < -0.3 is 28.5 Å². The van der Waals surface area contributed by atoms with Crippen molar-refractivity contribution in [3.63, 3.8) is 0 Å². The first-order valence-electron chi connectivity index (χ1n) is 9.67. The number of methoxy groups -OCH3 is 4. The van der Waals surface area contributed by atoms with E-state index >= 15 is 0 Å². The number of hydrogen-bond acceptors (Lipinski definition) is 10. The summed E-state index contributed by atoms with van der Waals surface area (Å²) in [5.74, 6) is -0.248. The zero-order chi connectivity index (χ0) is 27.7. The van der Waals surface area contributed by atoms with Gasteiger partial charge in [0.05, 0.1) is 21.3 Å². The average Bonchev–Trinajstić information content (AvgIpc) is 2.70. The Morgan fingerprint density at radius 3 is 0.622 bits per heavy atom. The third kappa shape index (κ3) is 468. The Balaban J connectivity index is -0.0000000195. The summed E-state index contributed by atoms with van der Waals surface area (Å²) < 4.78 is 16.8. The first-order valence-corrected chi connectivity index (χ1v) is 9.67. The van der Waals surface area contributed by atoms with Gasteiger partial charge in [0.1, 0.15) is 18.2 Å². The monoisotopic (exact) mass is 550 g/mol. The van der Waals surface area contributed by atoms with Gasteiger partial charge in [0.15, 0.2) is 5.78 Å². The minimum absolute atomic E-state index is 0. The van der Waals surface area contributed by atoms with Gasteiger partial charge in [0.2, 0.25) is 0 Å². The van der Waals surface area contributed by atoms with Crippen LogP contribution in [0.4, 0.5) is 0 Å². The van der Waals surface area contributed by atoms with Crippen LogP contribution in [-0.2, 0) is 47.7 Å². The van der Waals surface area contributed by atoms with Gasteiger partial charge in [-0.3, -0.25) is 19.2 Å². The van der Waals surface area contributed by atoms with Crippen LogP contribution < -0.4 is 0 Å². The molecule has 0 aromatic heterocycles. The highest BCUT2D eigenvalue weighted by Crippen LogP contribution is 1.71. The maximum Gasteiger partial charge on any atom is 0.302 e. The number of carbonyl (C=O) groups excluding carboxylic acids is 6. The molecule has 0 aromatic carbocycles. The molecule has 234 valence electrons. The zero-order valence-electron chi connectivity index (χ0n) is 22.5. The van der Waals surface area contributed by atoms with E-state index < -0.39 is 0 Å². The molecule has 0 unspecified atom stereocenters. The molecule has 0 heterocycles. The van der Waals surface area contributed by atoms with Crippen LogP contribution in [0.2, 0.25) is 0 Å². The Hall–Kier alpha value is -2.62. The number of esters is 3. The summed E-state index contributed by atoms with van der Waals surface area (Å²) in [6.45, 7) is 16.3. The first-order chi connectivity index (χ1) is 14.6. The quantitative estimate of drug-likeness (QED) is 0.281. The number of rotatable bonds is 3. The number of carbonyl (C=O) groups is 6. The van der Waals surface area contributed by atoms with Crippen LogP contribution in [0.25, 0.3) is 0 Å². The summed E-state index contributed by atoms with van der Waals surface area (Å²) in [5.41, 5.74) is 0. The van der Waals surface area contributed by atoms with Crippen LogP contribution in [0.5, 0.6) is 0 Å². The van der Waals surface area contributed by atoms with Gasteiger partial charge in [-0.1, -0.05) is 57.9 Å². The fourth-order valence-electron chi connectivity index (χ4n) is 0.203. The maximum atomic E-state index is 9.92. The van der Waals surface area contributed by atoms with E-state index in [-0.39, 0.29) is 79.0 Å². The second-order valence-electron chi connectivity index (χ2n) is 5.19. The molecule has 0 bridgehead atoms. The third-order valence-electron chi connectivity index (χ3n) is 1.71. The van der Waals surface area contributed by atoms with Gasteiger partial charge in [0, 0.05) is 34.3 Å². The van der Waals surface area contributed by atoms with Crippen LogP contribution in [0.3, 0.4) is 0 Å². The smallest absolute Gasteiger partial charge is 0.302 e. The molecule has 0 rings (SSSR count). The standard InChI is InChI=1S/C4H8O2.C4H8O.3C3H6O2.C3H6O.C2H6.5CH4/c1-4(5)3-6-2;1-3-4(2)5;3*1-3(4)5-2;1-3(2)4;1-2;;;;;/h3H2,1-2H3;3H2,1-2H3;3*1-2H3;1-2H3;1-2H3;5*1H4. The van der Waals surface area contributed by atoms with Gasteiger partial charge in [-0.05, 0) is 27.7 Å². The minimum Gasteiger partial charge on any atom is -0.469 e. The Kier molecular flexibility index (Phi) is 158. The summed E-state index contributed by atoms with van der Waals surface area (Å²) in [5, 5.41) is 0. The lowest BCUT2D eigenvalue weighted by atomic mass is 10.4. The van der Waals surface area contributed by atoms with Crippen LogP contribution in [0, 0.1) is 0 Å². The number of hydrogen-bond donors (Lipinski definition) is 0. The topological polar surface area (TPSA) is 139 Å². The van der Waals surface area contributed by atoms with Crippen molar-refractivity contribution in [1.82, 2.24) is 0 Å². The van der Waals surface area contributed by atoms with Crippen molar-refractivity contribution < 1.29 is 47.7 Å². The van der Waals surface area contributed by atoms with Gasteiger partial charge in [-0.25, -0.2) is 0 Å². The Bertz CT molecular complexity index is 400. The van der Waals surface area contributed by atoms with Gasteiger partial charge >= 0.3 is 17.9 Å². The highest BCUT2D eigenvalue weighted by molar-refractivity contribution is 5.76. The van der Waals surface area contributed by atoms with Crippen LogP contribution in [-0.4, -0.2) is 70.3 Å². The van der Waals surface area contributed by atoms with E-state index in [0.717, 1.165) is 0 Å². The molecule has 0 atom stereocenters. The molecule has 10 nitrogen and oxygen atoms in total. The molecule has 0 fully saturated rings. The third-order valence-corrected chi connectivity index (χ3v) is 1.71. The van der Waals surface area contributed by atoms with E-state index in [2.05, 4.69) is 18.9 Å². The highest BCUT2D eigenvalue weighted by atomic mass is 16.5. The zero-order valence-corrected chi connectivity index (χ0v) is 22.5. The minimum atomic E-state index is -0.245. The second-order valence-corrected chi connectivity index (χ2v) is 5.19. The molecule has 0 amide bonds. The van der Waals surface area contributed by atoms with Crippen LogP contribution in [0.1, 0.15) is 113 Å². The SMILES string of the molecule is C.C.C.C.C.CC.CC(C)=O.CCC(C)=O.COC(C)=O.COC(C)=O.COC(C)=O.COCC(C)=O. The molecule has 0 saturated carbocycles. The van der Waals surface area contributed by atoms with E-state index in [9.17, 15) is 28.8 Å². The second kappa shape index (κ2) is 76.6. The van der Waals surface area contributed by atoms with Crippen LogP contribution >= 0.6 is 0 Å². The molecule has 0 radical (unpaired) electrons. The lowest BCUT2D eigenvalue weighted by molar-refractivity contribution is -0.138. The lowest BCUT2D eigenvalue weighted by Crippen LogP contribution is -1.98. The molecular weight excluding hydrogens is 484 g/mol. The summed E-state index contributed by atoms with van der Waals surface area (Å²) in [6, 6.07) is 0. The summed E-state index contributed by atoms with van der Waals surface area (Å²) in [4.78, 5) is 57.9. The lowest BCUT2D eigenvalue weighted by Gasteiger charge is -1.84. The fraction of sp³-hybridized carbons (Fsp3) is 0.778. The van der Waals surface area contributed by atoms with E-state index in [1.165, 1.54) is 70.0 Å². The molecular formula is C27H66O10.